The lowest BCUT2D eigenvalue weighted by molar-refractivity contribution is -0.230. The number of hydrogen-bond donors (Lipinski definition) is 1. The van der Waals surface area contributed by atoms with Crippen molar-refractivity contribution in [3.8, 4) is 5.75 Å². The fourth-order valence-electron chi connectivity index (χ4n) is 12.1. The van der Waals surface area contributed by atoms with E-state index in [1.807, 2.05) is 30.3 Å². The molecular weight excluding hydrogens is 564 g/mol. The number of benzene rings is 1. The van der Waals surface area contributed by atoms with Crippen LogP contribution in [0.2, 0.25) is 0 Å². The van der Waals surface area contributed by atoms with E-state index < -0.39 is 28.9 Å². The highest BCUT2D eigenvalue weighted by atomic mass is 16.6. The lowest BCUT2D eigenvalue weighted by Crippen LogP contribution is -2.69. The summed E-state index contributed by atoms with van der Waals surface area (Å²) in [4.78, 5) is 40.5. The number of aliphatic carboxylic acids is 1. The summed E-state index contributed by atoms with van der Waals surface area (Å²) in [6, 6.07) is 9.23. The first kappa shape index (κ1) is 32.3. The average Bonchev–Trinajstić information content (AvgIpc) is 2.97. The number of ether oxygens (including phenoxy) is 2. The van der Waals surface area contributed by atoms with Crippen molar-refractivity contribution in [3.05, 3.63) is 42.0 Å². The molecule has 0 aromatic heterocycles. The maximum Gasteiger partial charge on any atom is 0.344 e. The van der Waals surface area contributed by atoms with E-state index in [2.05, 4.69) is 54.5 Å². The fourth-order valence-corrected chi connectivity index (χ4v) is 12.1. The Morgan fingerprint density at radius 1 is 0.911 bits per heavy atom. The molecule has 6 heteroatoms. The molecule has 1 aromatic carbocycles. The molecule has 5 aliphatic rings. The number of esters is 1. The molecule has 0 amide bonds. The Balaban J connectivity index is 1.40. The normalized spacial score (nSPS) is 45.6. The van der Waals surface area contributed by atoms with E-state index in [1.54, 1.807) is 0 Å². The van der Waals surface area contributed by atoms with Crippen LogP contribution in [0.3, 0.4) is 0 Å². The molecule has 4 fully saturated rings. The van der Waals surface area contributed by atoms with Crippen LogP contribution in [0.1, 0.15) is 106 Å². The first-order valence-electron chi connectivity index (χ1n) is 17.4. The van der Waals surface area contributed by atoms with Crippen molar-refractivity contribution in [2.24, 2.45) is 56.7 Å². The van der Waals surface area contributed by atoms with Gasteiger partial charge in [-0.2, -0.15) is 0 Å². The molecule has 0 radical (unpaired) electrons. The van der Waals surface area contributed by atoms with E-state index in [9.17, 15) is 19.5 Å². The van der Waals surface area contributed by atoms with Crippen molar-refractivity contribution in [1.82, 2.24) is 0 Å². The van der Waals surface area contributed by atoms with Gasteiger partial charge in [0.25, 0.3) is 0 Å². The molecule has 2 unspecified atom stereocenters. The number of carboxylic acid groups (broad SMARTS) is 1. The van der Waals surface area contributed by atoms with Crippen LogP contribution in [0.5, 0.6) is 5.75 Å². The van der Waals surface area contributed by atoms with Crippen molar-refractivity contribution >= 4 is 17.7 Å². The van der Waals surface area contributed by atoms with Crippen LogP contribution < -0.4 is 4.74 Å². The molecule has 0 spiro atoms. The fraction of sp³-hybridized carbons (Fsp3) is 0.718. The summed E-state index contributed by atoms with van der Waals surface area (Å²) >= 11 is 0. The molecule has 5 aliphatic carbocycles. The second-order valence-corrected chi connectivity index (χ2v) is 17.0. The monoisotopic (exact) mass is 618 g/mol. The van der Waals surface area contributed by atoms with Crippen LogP contribution in [0.25, 0.3) is 0 Å². The first-order valence-corrected chi connectivity index (χ1v) is 17.4. The molecule has 6 rings (SSSR count). The van der Waals surface area contributed by atoms with Crippen LogP contribution in [0, 0.1) is 56.7 Å². The molecule has 0 bridgehead atoms. The zero-order chi connectivity index (χ0) is 32.6. The quantitative estimate of drug-likeness (QED) is 0.323. The van der Waals surface area contributed by atoms with E-state index in [0.717, 1.165) is 25.7 Å². The number of fused-ring (bicyclic) bond motifs is 7. The van der Waals surface area contributed by atoms with Crippen molar-refractivity contribution in [3.63, 3.8) is 0 Å². The van der Waals surface area contributed by atoms with Gasteiger partial charge >= 0.3 is 11.9 Å². The van der Waals surface area contributed by atoms with E-state index in [0.29, 0.717) is 36.3 Å². The van der Waals surface area contributed by atoms with Gasteiger partial charge in [0, 0.05) is 11.3 Å². The minimum Gasteiger partial charge on any atom is -0.482 e. The molecule has 0 heterocycles. The third-order valence-corrected chi connectivity index (χ3v) is 14.8. The van der Waals surface area contributed by atoms with Crippen molar-refractivity contribution in [2.45, 2.75) is 112 Å². The summed E-state index contributed by atoms with van der Waals surface area (Å²) in [5.74, 6) is 0.611. The zero-order valence-corrected chi connectivity index (χ0v) is 28.5. The summed E-state index contributed by atoms with van der Waals surface area (Å²) in [6.45, 7) is 16.1. The molecule has 6 nitrogen and oxygen atoms in total. The van der Waals surface area contributed by atoms with Crippen LogP contribution in [0.4, 0.5) is 0 Å². The number of para-hydroxylation sites is 1. The van der Waals surface area contributed by atoms with E-state index in [-0.39, 0.29) is 46.9 Å². The predicted molar refractivity (Wildman–Crippen MR) is 173 cm³/mol. The molecule has 1 N–H and O–H groups in total. The number of hydrogen-bond acceptors (Lipinski definition) is 5. The van der Waals surface area contributed by atoms with Gasteiger partial charge in [-0.3, -0.25) is 9.59 Å². The molecule has 1 aromatic rings. The van der Waals surface area contributed by atoms with E-state index >= 15 is 0 Å². The van der Waals surface area contributed by atoms with Gasteiger partial charge in [0.05, 0.1) is 6.42 Å². The summed E-state index contributed by atoms with van der Waals surface area (Å²) in [6.07, 6.45) is 9.15. The summed E-state index contributed by atoms with van der Waals surface area (Å²) < 4.78 is 12.1. The maximum atomic E-state index is 14.9. The SMILES string of the molecule is C[C@H]1[C@H](C)CC[C@]2(C)CC[C@]3(C)C(=CC(=O)[C@@H]4[C@@]5(C)C(OC(=O)COc6ccccc6)CCC(C)(CC(=O)O)[C@@H]5CC[C@]43C)[C@H]12. The molecular formula is C39H54O6. The zero-order valence-electron chi connectivity index (χ0n) is 28.5. The Morgan fingerprint density at radius 3 is 2.31 bits per heavy atom. The topological polar surface area (TPSA) is 89.9 Å². The smallest absolute Gasteiger partial charge is 0.344 e. The Kier molecular flexibility index (Phi) is 7.88. The number of rotatable bonds is 6. The van der Waals surface area contributed by atoms with Gasteiger partial charge < -0.3 is 14.6 Å². The molecule has 45 heavy (non-hydrogen) atoms. The number of carboxylic acids is 1. The van der Waals surface area contributed by atoms with Crippen LogP contribution in [0.15, 0.2) is 42.0 Å². The van der Waals surface area contributed by atoms with Crippen molar-refractivity contribution in [1.29, 1.82) is 0 Å². The van der Waals surface area contributed by atoms with E-state index in [4.69, 9.17) is 9.47 Å². The third-order valence-electron chi connectivity index (χ3n) is 14.8. The molecule has 246 valence electrons. The van der Waals surface area contributed by atoms with Gasteiger partial charge in [0.15, 0.2) is 12.4 Å². The molecule has 4 saturated carbocycles. The number of carbonyl (C=O) groups excluding carboxylic acids is 2. The second kappa shape index (κ2) is 11.0. The van der Waals surface area contributed by atoms with Gasteiger partial charge in [0.2, 0.25) is 0 Å². The number of allylic oxidation sites excluding steroid dienone is 2. The molecule has 0 aliphatic heterocycles. The third kappa shape index (κ3) is 4.82. The number of ketones is 1. The van der Waals surface area contributed by atoms with E-state index in [1.165, 1.54) is 18.4 Å². The Morgan fingerprint density at radius 2 is 1.62 bits per heavy atom. The maximum absolute atomic E-state index is 14.9. The predicted octanol–water partition coefficient (Wildman–Crippen LogP) is 8.29. The minimum absolute atomic E-state index is 0.0524. The van der Waals surface area contributed by atoms with Gasteiger partial charge in [-0.15, -0.1) is 0 Å². The lowest BCUT2D eigenvalue weighted by Gasteiger charge is -2.71. The van der Waals surface area contributed by atoms with Crippen LogP contribution in [-0.2, 0) is 19.1 Å². The Bertz CT molecular complexity index is 1380. The van der Waals surface area contributed by atoms with Crippen molar-refractivity contribution in [2.75, 3.05) is 6.61 Å². The molecule has 11 atom stereocenters. The van der Waals surface area contributed by atoms with Gasteiger partial charge in [-0.1, -0.05) is 72.2 Å². The number of carbonyl (C=O) groups is 3. The van der Waals surface area contributed by atoms with Gasteiger partial charge in [0.1, 0.15) is 11.9 Å². The Labute approximate surface area is 269 Å². The lowest BCUT2D eigenvalue weighted by atomic mass is 9.33. The van der Waals surface area contributed by atoms with Crippen molar-refractivity contribution < 1.29 is 29.0 Å². The van der Waals surface area contributed by atoms with Gasteiger partial charge in [-0.05, 0) is 115 Å². The first-order chi connectivity index (χ1) is 21.1. The highest BCUT2D eigenvalue weighted by molar-refractivity contribution is 5.96. The van der Waals surface area contributed by atoms with Crippen LogP contribution >= 0.6 is 0 Å². The Hall–Kier alpha value is -2.63. The highest BCUT2D eigenvalue weighted by Crippen LogP contribution is 2.75. The second-order valence-electron chi connectivity index (χ2n) is 17.0. The molecule has 0 saturated heterocycles. The standard InChI is InChI=1S/C39H54O6/c1-24-13-16-35(3)19-20-37(5)27(33(35)25(24)2)21-28(40)34-38(37,6)18-14-29-36(4,22-31(41)42)17-15-30(39(29,34)7)45-32(43)23-44-26-11-9-8-10-12-26/h8-12,21,24-25,29-30,33-34H,13-20,22-23H2,1-7H3,(H,41,42)/t24-,25+,29+,30?,33+,34+,35-,36?,37-,38-,39-/m1/s1. The average molecular weight is 619 g/mol. The summed E-state index contributed by atoms with van der Waals surface area (Å²) in [5, 5.41) is 10.0. The summed E-state index contributed by atoms with van der Waals surface area (Å²) in [7, 11) is 0. The summed E-state index contributed by atoms with van der Waals surface area (Å²) in [5.41, 5.74) is -0.0887. The minimum atomic E-state index is -0.809. The van der Waals surface area contributed by atoms with Gasteiger partial charge in [-0.25, -0.2) is 4.79 Å². The largest absolute Gasteiger partial charge is 0.482 e. The van der Waals surface area contributed by atoms with Crippen LogP contribution in [-0.4, -0.2) is 35.5 Å². The highest BCUT2D eigenvalue weighted by Gasteiger charge is 2.72.